The van der Waals surface area contributed by atoms with Crippen LogP contribution in [0.25, 0.3) is 22.3 Å². The number of nitrogen functional groups attached to an aromatic ring is 2. The molecular weight excluding hydrogens is 757 g/mol. The third-order valence-corrected chi connectivity index (χ3v) is 12.3. The topological polar surface area (TPSA) is 287 Å². The van der Waals surface area contributed by atoms with Gasteiger partial charge >= 0.3 is 12.8 Å². The Hall–Kier alpha value is -3.15. The summed E-state index contributed by atoms with van der Waals surface area (Å²) in [6.45, 7) is -8.66. The smallest absolute Gasteiger partial charge is 0.407 e. The van der Waals surface area contributed by atoms with Gasteiger partial charge in [-0.15, -0.1) is 0 Å². The number of thiol groups is 1. The second-order valence-corrected chi connectivity index (χ2v) is 18.3. The second kappa shape index (κ2) is 14.3. The predicted molar refractivity (Wildman–Crippen MR) is 182 cm³/mol. The Balaban J connectivity index is 1.19. The first-order chi connectivity index (χ1) is 24.4. The number of hydrogen-bond acceptors (Lipinski definition) is 18. The number of nitrogens with two attached hydrogens (primary N) is 3. The summed E-state index contributed by atoms with van der Waals surface area (Å²) in [6, 6.07) is 0. The summed E-state index contributed by atoms with van der Waals surface area (Å²) in [5.41, 5.74) is 18.3. The maximum atomic E-state index is 16.3. The molecule has 3 saturated heterocycles. The molecule has 2 unspecified atom stereocenters. The quantitative estimate of drug-likeness (QED) is 0.0894. The second-order valence-electron chi connectivity index (χ2n) is 11.8. The Labute approximate surface area is 297 Å². The zero-order chi connectivity index (χ0) is 36.1. The van der Waals surface area contributed by atoms with Crippen LogP contribution in [0, 0.1) is 5.92 Å². The van der Waals surface area contributed by atoms with Crippen molar-refractivity contribution in [2.45, 2.75) is 49.5 Å². The number of halogens is 1. The van der Waals surface area contributed by atoms with Gasteiger partial charge in [-0.3, -0.25) is 18.2 Å². The van der Waals surface area contributed by atoms with E-state index in [1.807, 2.05) is 0 Å². The number of hydrogen-bond donors (Lipinski definition) is 6. The number of anilines is 2. The van der Waals surface area contributed by atoms with E-state index in [0.717, 1.165) is 0 Å². The molecule has 26 heteroatoms. The van der Waals surface area contributed by atoms with Crippen LogP contribution in [0.3, 0.4) is 0 Å². The summed E-state index contributed by atoms with van der Waals surface area (Å²) in [7, 11) is 0. The van der Waals surface area contributed by atoms with E-state index < -0.39 is 87.7 Å². The molecule has 0 spiro atoms. The zero-order valence-electron chi connectivity index (χ0n) is 26.3. The average Bonchev–Trinajstić information content (AvgIpc) is 3.85. The molecule has 0 bridgehead atoms. The highest BCUT2D eigenvalue weighted by Gasteiger charge is 2.54. The fourth-order valence-corrected chi connectivity index (χ4v) is 9.78. The minimum Gasteiger partial charge on any atom is -0.438 e. The number of carbonyl (C=O) groups is 1. The number of nitrogens with zero attached hydrogens (tertiary/aromatic N) is 8. The van der Waals surface area contributed by atoms with Crippen molar-refractivity contribution in [3.05, 3.63) is 25.3 Å². The predicted octanol–water partition coefficient (Wildman–Crippen LogP) is 0.795. The monoisotopic (exact) mass is 790 g/mol. The maximum Gasteiger partial charge on any atom is 0.407 e. The molecule has 3 fully saturated rings. The van der Waals surface area contributed by atoms with Gasteiger partial charge in [-0.25, -0.2) is 39.1 Å². The van der Waals surface area contributed by atoms with Crippen LogP contribution in [0.1, 0.15) is 18.9 Å². The number of aromatic nitrogens is 8. The van der Waals surface area contributed by atoms with Crippen molar-refractivity contribution in [2.24, 2.45) is 11.7 Å². The molecule has 0 aliphatic carbocycles. The summed E-state index contributed by atoms with van der Waals surface area (Å²) in [5, 5.41) is 2.58. The molecule has 3 aliphatic rings. The van der Waals surface area contributed by atoms with Crippen LogP contribution in [0.5, 0.6) is 0 Å². The summed E-state index contributed by atoms with van der Waals surface area (Å²) < 4.78 is 68.6. The fraction of sp³-hybridized carbons (Fsp3) is 0.560. The molecule has 51 heavy (non-hydrogen) atoms. The van der Waals surface area contributed by atoms with Crippen molar-refractivity contribution in [2.75, 3.05) is 43.9 Å². The SMILES string of the molecule is NCCCNC(=O)O[C@@H]1[C@@H]2OP(O)(=S)OC[C@H]3O[C@@H](n4cnc5c(N)ncnc54)[C@H](F)[C@@H]3CP(=O)(S)OC[C@H]2O[C@H]1n1cnc2c(N)ncnc21. The van der Waals surface area contributed by atoms with Crippen LogP contribution < -0.4 is 22.5 Å². The van der Waals surface area contributed by atoms with Gasteiger partial charge in [0.15, 0.2) is 47.7 Å². The van der Waals surface area contributed by atoms with Gasteiger partial charge in [0.1, 0.15) is 35.9 Å². The van der Waals surface area contributed by atoms with E-state index in [1.54, 1.807) is 0 Å². The molecule has 21 nitrogen and oxygen atoms in total. The number of amides is 1. The lowest BCUT2D eigenvalue weighted by atomic mass is 10.0. The highest BCUT2D eigenvalue weighted by Crippen LogP contribution is 2.58. The van der Waals surface area contributed by atoms with Crippen LogP contribution in [0.4, 0.5) is 20.8 Å². The number of ether oxygens (including phenoxy) is 3. The molecule has 7 heterocycles. The number of alkyl halides is 1. The van der Waals surface area contributed by atoms with E-state index in [1.165, 1.54) is 34.4 Å². The van der Waals surface area contributed by atoms with Gasteiger partial charge in [0, 0.05) is 18.6 Å². The van der Waals surface area contributed by atoms with E-state index in [4.69, 9.17) is 56.8 Å². The molecule has 4 aromatic heterocycles. The normalized spacial score (nSPS) is 34.4. The molecule has 0 saturated carbocycles. The molecule has 1 amide bonds. The third kappa shape index (κ3) is 7.27. The highest BCUT2D eigenvalue weighted by atomic mass is 32.7. The first-order valence-corrected chi connectivity index (χ1v) is 21.0. The summed E-state index contributed by atoms with van der Waals surface area (Å²) in [4.78, 5) is 49.0. The molecule has 276 valence electrons. The number of nitrogens with one attached hydrogen (secondary N) is 1. The van der Waals surface area contributed by atoms with E-state index in [9.17, 15) is 14.3 Å². The molecule has 10 atom stereocenters. The first kappa shape index (κ1) is 36.2. The van der Waals surface area contributed by atoms with Gasteiger partial charge < -0.3 is 50.7 Å². The minimum absolute atomic E-state index is 0.0786. The number of imidazole rings is 2. The molecule has 3 aliphatic heterocycles. The molecule has 7 rings (SSSR count). The number of alkyl carbamates (subject to hydrolysis) is 1. The van der Waals surface area contributed by atoms with Crippen molar-refractivity contribution < 1.29 is 46.4 Å². The van der Waals surface area contributed by atoms with Crippen LogP contribution in [-0.4, -0.2) is 113 Å². The van der Waals surface area contributed by atoms with Gasteiger partial charge in [0.25, 0.3) is 6.57 Å². The summed E-state index contributed by atoms with van der Waals surface area (Å²) in [5.74, 6) is -0.972. The Kier molecular flexibility index (Phi) is 10.2. The standard InChI is InChI=1S/C25H33FN12O9P2S2/c26-14-11-6-48(40,50)42-5-13-17(47-49(41,51)43-4-12(11)44-23(14)37-9-35-15-19(28)31-7-33-21(15)37)18(46-25(39)30-3-1-2-27)24(45-13)38-10-36-16-20(29)32-8-34-22(16)38/h7-14,17-18,23-24H,1-6,27H2,(H,30,39)(H,40,50)(H,41,51)(H2,28,31,33)(H2,29,32,34)/t11-,12-,13-,14-,17-,18-,23-,24-,48?,49?/m1/s1. The van der Waals surface area contributed by atoms with Crippen molar-refractivity contribution in [1.29, 1.82) is 0 Å². The Morgan fingerprint density at radius 2 is 1.63 bits per heavy atom. The Morgan fingerprint density at radius 3 is 2.27 bits per heavy atom. The van der Waals surface area contributed by atoms with E-state index in [0.29, 0.717) is 13.0 Å². The molecule has 0 aromatic carbocycles. The summed E-state index contributed by atoms with van der Waals surface area (Å²) >= 11 is 9.70. The number of fused-ring (bicyclic) bond motifs is 4. The van der Waals surface area contributed by atoms with Gasteiger partial charge in [-0.05, 0) is 24.8 Å². The lowest BCUT2D eigenvalue weighted by Crippen LogP contribution is -2.42. The maximum absolute atomic E-state index is 16.3. The Morgan fingerprint density at radius 1 is 1.02 bits per heavy atom. The van der Waals surface area contributed by atoms with E-state index in [2.05, 4.69) is 47.5 Å². The minimum atomic E-state index is -4.25. The summed E-state index contributed by atoms with van der Waals surface area (Å²) in [6.07, 6.45) is -5.21. The van der Waals surface area contributed by atoms with Crippen molar-refractivity contribution in [1.82, 2.24) is 44.4 Å². The van der Waals surface area contributed by atoms with Crippen molar-refractivity contribution in [3.63, 3.8) is 0 Å². The molecule has 4 aromatic rings. The highest BCUT2D eigenvalue weighted by molar-refractivity contribution is 8.46. The number of carbonyl (C=O) groups excluding carboxylic acids is 1. The third-order valence-electron chi connectivity index (χ3n) is 8.51. The largest absolute Gasteiger partial charge is 0.438 e. The average molecular weight is 791 g/mol. The Bertz CT molecular complexity index is 2030. The van der Waals surface area contributed by atoms with Crippen LogP contribution in [0.2, 0.25) is 0 Å². The van der Waals surface area contributed by atoms with E-state index in [-0.39, 0.29) is 40.5 Å². The van der Waals surface area contributed by atoms with Gasteiger partial charge in [0.05, 0.1) is 32.0 Å². The van der Waals surface area contributed by atoms with E-state index >= 15 is 4.39 Å². The van der Waals surface area contributed by atoms with Crippen LogP contribution in [0.15, 0.2) is 25.3 Å². The lowest BCUT2D eigenvalue weighted by molar-refractivity contribution is -0.0500. The van der Waals surface area contributed by atoms with Crippen molar-refractivity contribution in [3.8, 4) is 0 Å². The zero-order valence-corrected chi connectivity index (χ0v) is 29.8. The van der Waals surface area contributed by atoms with Crippen molar-refractivity contribution >= 4 is 77.4 Å². The van der Waals surface area contributed by atoms with Gasteiger partial charge in [0.2, 0.25) is 0 Å². The fourth-order valence-electron chi connectivity index (χ4n) is 6.12. The van der Waals surface area contributed by atoms with Crippen LogP contribution in [-0.2, 0) is 44.2 Å². The van der Waals surface area contributed by atoms with Gasteiger partial charge in [-0.2, -0.15) is 0 Å². The van der Waals surface area contributed by atoms with Crippen LogP contribution >= 0.6 is 25.5 Å². The first-order valence-electron chi connectivity index (χ1n) is 15.4. The molecular formula is C25H33FN12O9P2S2. The van der Waals surface area contributed by atoms with Gasteiger partial charge in [-0.1, -0.05) is 12.2 Å². The number of rotatable bonds is 6. The molecule has 8 N–H and O–H groups in total. The lowest BCUT2D eigenvalue weighted by Gasteiger charge is -2.30. The molecule has 0 radical (unpaired) electrons.